The van der Waals surface area contributed by atoms with Crippen molar-refractivity contribution in [3.8, 4) is 5.75 Å². The van der Waals surface area contributed by atoms with E-state index in [0.717, 1.165) is 34.4 Å². The fraction of sp³-hybridized carbons (Fsp3) is 0.600. The highest BCUT2D eigenvalue weighted by Gasteiger charge is 2.10. The molecule has 0 aliphatic rings. The number of halogens is 2. The van der Waals surface area contributed by atoms with Crippen LogP contribution < -0.4 is 10.1 Å². The maximum atomic E-state index is 5.81. The average Bonchev–Trinajstić information content (AvgIpc) is 2.26. The van der Waals surface area contributed by atoms with Crippen molar-refractivity contribution in [2.45, 2.75) is 34.2 Å². The van der Waals surface area contributed by atoms with Crippen molar-refractivity contribution in [3.63, 3.8) is 0 Å². The molecular weight excluding hydrogens is 370 g/mol. The Labute approximate surface area is 133 Å². The first-order chi connectivity index (χ1) is 8.90. The smallest absolute Gasteiger partial charge is 0.147 e. The quantitative estimate of drug-likeness (QED) is 0.705. The number of hydrogen-bond donors (Lipinski definition) is 1. The van der Waals surface area contributed by atoms with E-state index in [4.69, 9.17) is 4.74 Å². The Bertz CT molecular complexity index is 382. The molecule has 1 aromatic carbocycles. The summed E-state index contributed by atoms with van der Waals surface area (Å²) in [6.07, 6.45) is 0. The summed E-state index contributed by atoms with van der Waals surface area (Å²) < 4.78 is 7.82. The highest BCUT2D eigenvalue weighted by atomic mass is 79.9. The predicted octanol–water partition coefficient (Wildman–Crippen LogP) is 4.99. The Morgan fingerprint density at radius 1 is 1.05 bits per heavy atom. The topological polar surface area (TPSA) is 21.3 Å². The van der Waals surface area contributed by atoms with Crippen LogP contribution in [0.5, 0.6) is 5.75 Å². The van der Waals surface area contributed by atoms with Gasteiger partial charge in [-0.15, -0.1) is 0 Å². The Kier molecular flexibility index (Phi) is 7.40. The normalized spacial score (nSPS) is 11.4. The Hall–Kier alpha value is -0.0600. The van der Waals surface area contributed by atoms with Crippen LogP contribution in [0.15, 0.2) is 21.1 Å². The summed E-state index contributed by atoms with van der Waals surface area (Å²) in [5.74, 6) is 2.08. The molecule has 0 heterocycles. The lowest BCUT2D eigenvalue weighted by Gasteiger charge is -2.14. The van der Waals surface area contributed by atoms with E-state index in [1.807, 2.05) is 0 Å². The summed E-state index contributed by atoms with van der Waals surface area (Å²) >= 11 is 7.17. The van der Waals surface area contributed by atoms with Gasteiger partial charge in [-0.1, -0.05) is 27.7 Å². The Balaban J connectivity index is 2.67. The van der Waals surface area contributed by atoms with Crippen LogP contribution >= 0.6 is 31.9 Å². The summed E-state index contributed by atoms with van der Waals surface area (Å²) in [7, 11) is 0. The van der Waals surface area contributed by atoms with E-state index in [-0.39, 0.29) is 0 Å². The third-order valence-corrected chi connectivity index (χ3v) is 3.68. The van der Waals surface area contributed by atoms with Gasteiger partial charge in [-0.25, -0.2) is 0 Å². The number of hydrogen-bond acceptors (Lipinski definition) is 2. The molecule has 1 N–H and O–H groups in total. The van der Waals surface area contributed by atoms with Crippen LogP contribution in [0.1, 0.15) is 33.3 Å². The van der Waals surface area contributed by atoms with Crippen molar-refractivity contribution in [2.75, 3.05) is 13.2 Å². The van der Waals surface area contributed by atoms with Gasteiger partial charge in [-0.2, -0.15) is 0 Å². The van der Waals surface area contributed by atoms with E-state index in [0.29, 0.717) is 11.8 Å². The van der Waals surface area contributed by atoms with E-state index in [1.54, 1.807) is 0 Å². The standard InChI is InChI=1S/C15H23Br2NO/c1-10(2)7-18-8-12-5-13(16)15(14(17)6-12)19-9-11(3)4/h5-6,10-11,18H,7-9H2,1-4H3. The van der Waals surface area contributed by atoms with Crippen LogP contribution in [0.3, 0.4) is 0 Å². The third kappa shape index (κ3) is 6.28. The van der Waals surface area contributed by atoms with Crippen molar-refractivity contribution < 1.29 is 4.74 Å². The first-order valence-corrected chi connectivity index (χ1v) is 8.30. The molecular formula is C15H23Br2NO. The van der Waals surface area contributed by atoms with Crippen LogP contribution in [0.4, 0.5) is 0 Å². The fourth-order valence-corrected chi connectivity index (χ4v) is 3.12. The molecule has 0 atom stereocenters. The summed E-state index contributed by atoms with van der Waals surface area (Å²) in [4.78, 5) is 0. The molecule has 2 nitrogen and oxygen atoms in total. The monoisotopic (exact) mass is 391 g/mol. The minimum Gasteiger partial charge on any atom is -0.491 e. The molecule has 0 aliphatic carbocycles. The van der Waals surface area contributed by atoms with Crippen molar-refractivity contribution >= 4 is 31.9 Å². The predicted molar refractivity (Wildman–Crippen MR) is 88.7 cm³/mol. The molecule has 4 heteroatoms. The molecule has 0 bridgehead atoms. The second-order valence-corrected chi connectivity index (χ2v) is 7.33. The second kappa shape index (κ2) is 8.28. The highest BCUT2D eigenvalue weighted by Crippen LogP contribution is 2.35. The van der Waals surface area contributed by atoms with E-state index in [2.05, 4.69) is 77.0 Å². The lowest BCUT2D eigenvalue weighted by molar-refractivity contribution is 0.268. The van der Waals surface area contributed by atoms with Gasteiger partial charge in [0.25, 0.3) is 0 Å². The molecule has 108 valence electrons. The van der Waals surface area contributed by atoms with Gasteiger partial charge in [0.15, 0.2) is 0 Å². The van der Waals surface area contributed by atoms with Gasteiger partial charge >= 0.3 is 0 Å². The minimum absolute atomic E-state index is 0.520. The molecule has 0 fully saturated rings. The number of ether oxygens (including phenoxy) is 1. The van der Waals surface area contributed by atoms with Crippen molar-refractivity contribution in [1.29, 1.82) is 0 Å². The molecule has 19 heavy (non-hydrogen) atoms. The number of nitrogens with one attached hydrogen (secondary N) is 1. The summed E-state index contributed by atoms with van der Waals surface area (Å²) in [5, 5.41) is 3.44. The summed E-state index contributed by atoms with van der Waals surface area (Å²) in [6, 6.07) is 4.24. The fourth-order valence-electron chi connectivity index (χ4n) is 1.61. The lowest BCUT2D eigenvalue weighted by atomic mass is 10.2. The molecule has 0 saturated carbocycles. The molecule has 0 saturated heterocycles. The number of benzene rings is 1. The molecule has 1 aromatic rings. The first kappa shape index (κ1) is 17.0. The van der Waals surface area contributed by atoms with E-state index >= 15 is 0 Å². The molecule has 0 aliphatic heterocycles. The van der Waals surface area contributed by atoms with Gasteiger partial charge in [0.1, 0.15) is 5.75 Å². The molecule has 0 spiro atoms. The van der Waals surface area contributed by atoms with Crippen LogP contribution in [0.2, 0.25) is 0 Å². The van der Waals surface area contributed by atoms with Gasteiger partial charge in [-0.05, 0) is 67.9 Å². The van der Waals surface area contributed by atoms with Crippen LogP contribution in [-0.2, 0) is 6.54 Å². The average molecular weight is 393 g/mol. The van der Waals surface area contributed by atoms with E-state index < -0.39 is 0 Å². The minimum atomic E-state index is 0.520. The zero-order valence-corrected chi connectivity index (χ0v) is 15.3. The number of rotatable bonds is 7. The zero-order chi connectivity index (χ0) is 14.4. The van der Waals surface area contributed by atoms with Crippen molar-refractivity contribution in [1.82, 2.24) is 5.32 Å². The summed E-state index contributed by atoms with van der Waals surface area (Å²) in [5.41, 5.74) is 1.25. The molecule has 0 unspecified atom stereocenters. The first-order valence-electron chi connectivity index (χ1n) is 6.71. The van der Waals surface area contributed by atoms with Gasteiger partial charge in [-0.3, -0.25) is 0 Å². The largest absolute Gasteiger partial charge is 0.491 e. The van der Waals surface area contributed by atoms with Crippen LogP contribution in [0.25, 0.3) is 0 Å². The van der Waals surface area contributed by atoms with Crippen LogP contribution in [0, 0.1) is 11.8 Å². The van der Waals surface area contributed by atoms with Gasteiger partial charge in [0.2, 0.25) is 0 Å². The van der Waals surface area contributed by atoms with Gasteiger partial charge in [0.05, 0.1) is 15.6 Å². The Morgan fingerprint density at radius 3 is 2.11 bits per heavy atom. The maximum absolute atomic E-state index is 5.81. The zero-order valence-electron chi connectivity index (χ0n) is 12.1. The molecule has 0 amide bonds. The van der Waals surface area contributed by atoms with Crippen molar-refractivity contribution in [2.24, 2.45) is 11.8 Å². The van der Waals surface area contributed by atoms with E-state index in [9.17, 15) is 0 Å². The van der Waals surface area contributed by atoms with Crippen molar-refractivity contribution in [3.05, 3.63) is 26.6 Å². The third-order valence-electron chi connectivity index (χ3n) is 2.50. The summed E-state index contributed by atoms with van der Waals surface area (Å²) in [6.45, 7) is 11.3. The van der Waals surface area contributed by atoms with Gasteiger partial charge in [0, 0.05) is 6.54 Å². The molecule has 0 radical (unpaired) electrons. The second-order valence-electron chi connectivity index (χ2n) is 5.62. The lowest BCUT2D eigenvalue weighted by Crippen LogP contribution is -2.19. The Morgan fingerprint density at radius 2 is 1.63 bits per heavy atom. The van der Waals surface area contributed by atoms with E-state index in [1.165, 1.54) is 5.56 Å². The molecule has 1 rings (SSSR count). The van der Waals surface area contributed by atoms with Crippen LogP contribution in [-0.4, -0.2) is 13.2 Å². The highest BCUT2D eigenvalue weighted by molar-refractivity contribution is 9.11. The SMILES string of the molecule is CC(C)CNCc1cc(Br)c(OCC(C)C)c(Br)c1. The molecule has 0 aromatic heterocycles. The maximum Gasteiger partial charge on any atom is 0.147 e. The van der Waals surface area contributed by atoms with Gasteiger partial charge < -0.3 is 10.1 Å².